The lowest BCUT2D eigenvalue weighted by molar-refractivity contribution is 0.193. The van der Waals surface area contributed by atoms with Crippen LogP contribution in [0.3, 0.4) is 0 Å². The molecule has 2 fully saturated rings. The van der Waals surface area contributed by atoms with E-state index in [0.717, 1.165) is 30.2 Å². The zero-order chi connectivity index (χ0) is 13.5. The summed E-state index contributed by atoms with van der Waals surface area (Å²) in [4.78, 5) is 2.74. The van der Waals surface area contributed by atoms with E-state index in [4.69, 9.17) is 4.74 Å². The Morgan fingerprint density at radius 3 is 3.10 bits per heavy atom. The number of likely N-dealkylation sites (tertiary alicyclic amines) is 1. The molecule has 0 aliphatic carbocycles. The Kier molecular flexibility index (Phi) is 3.20. The lowest BCUT2D eigenvalue weighted by Gasteiger charge is -2.28. The van der Waals surface area contributed by atoms with Crippen molar-refractivity contribution in [1.82, 2.24) is 10.2 Å². The van der Waals surface area contributed by atoms with Gasteiger partial charge >= 0.3 is 0 Å². The molecular weight excluding hydrogens is 248 g/mol. The van der Waals surface area contributed by atoms with Crippen molar-refractivity contribution < 1.29 is 4.74 Å². The molecule has 3 aliphatic rings. The second-order valence-electron chi connectivity index (χ2n) is 6.56. The van der Waals surface area contributed by atoms with Gasteiger partial charge in [0.1, 0.15) is 5.75 Å². The van der Waals surface area contributed by atoms with Crippen LogP contribution >= 0.6 is 0 Å². The Morgan fingerprint density at radius 2 is 2.20 bits per heavy atom. The minimum Gasteiger partial charge on any atom is -0.493 e. The standard InChI is InChI=1S/C17H24N2O/c1-2-16-15-8-18-7-12(15)9-19(16)10-13-11-20-17-6-4-3-5-14(13)17/h3-6,12-13,15-16,18H,2,7-11H2,1H3. The Balaban J connectivity index is 1.50. The van der Waals surface area contributed by atoms with E-state index in [-0.39, 0.29) is 0 Å². The number of hydrogen-bond donors (Lipinski definition) is 1. The fraction of sp³-hybridized carbons (Fsp3) is 0.647. The fourth-order valence-corrected chi connectivity index (χ4v) is 4.55. The van der Waals surface area contributed by atoms with Gasteiger partial charge in [0.2, 0.25) is 0 Å². The lowest BCUT2D eigenvalue weighted by Crippen LogP contribution is -2.38. The van der Waals surface area contributed by atoms with Crippen LogP contribution in [0.5, 0.6) is 5.75 Å². The summed E-state index contributed by atoms with van der Waals surface area (Å²) in [6.45, 7) is 8.08. The van der Waals surface area contributed by atoms with Gasteiger partial charge in [0.25, 0.3) is 0 Å². The Labute approximate surface area is 121 Å². The Hall–Kier alpha value is -1.06. The molecule has 3 heterocycles. The second kappa shape index (κ2) is 5.05. The number of fused-ring (bicyclic) bond motifs is 2. The quantitative estimate of drug-likeness (QED) is 0.912. The van der Waals surface area contributed by atoms with Crippen LogP contribution in [0.2, 0.25) is 0 Å². The zero-order valence-corrected chi connectivity index (χ0v) is 12.2. The van der Waals surface area contributed by atoms with Crippen LogP contribution in [0.25, 0.3) is 0 Å². The third-order valence-electron chi connectivity index (χ3n) is 5.50. The summed E-state index contributed by atoms with van der Waals surface area (Å²) in [6, 6.07) is 9.33. The minimum absolute atomic E-state index is 0.562. The van der Waals surface area contributed by atoms with Gasteiger partial charge in [0.05, 0.1) is 6.61 Å². The number of nitrogens with one attached hydrogen (secondary N) is 1. The molecule has 1 N–H and O–H groups in total. The van der Waals surface area contributed by atoms with E-state index in [1.165, 1.54) is 38.2 Å². The van der Waals surface area contributed by atoms with Crippen molar-refractivity contribution in [2.75, 3.05) is 32.8 Å². The van der Waals surface area contributed by atoms with E-state index >= 15 is 0 Å². The van der Waals surface area contributed by atoms with E-state index in [1.54, 1.807) is 0 Å². The molecule has 0 bridgehead atoms. The molecule has 3 aliphatic heterocycles. The highest BCUT2D eigenvalue weighted by Crippen LogP contribution is 2.39. The number of para-hydroxylation sites is 1. The smallest absolute Gasteiger partial charge is 0.122 e. The van der Waals surface area contributed by atoms with Crippen LogP contribution in [0.15, 0.2) is 24.3 Å². The summed E-state index contributed by atoms with van der Waals surface area (Å²) >= 11 is 0. The third kappa shape index (κ3) is 1.95. The molecule has 1 aromatic carbocycles. The number of ether oxygens (including phenoxy) is 1. The summed E-state index contributed by atoms with van der Waals surface area (Å²) < 4.78 is 5.85. The summed E-state index contributed by atoms with van der Waals surface area (Å²) in [6.07, 6.45) is 1.28. The van der Waals surface area contributed by atoms with Crippen LogP contribution in [0, 0.1) is 11.8 Å². The Morgan fingerprint density at radius 1 is 1.30 bits per heavy atom. The van der Waals surface area contributed by atoms with Gasteiger partial charge in [-0.2, -0.15) is 0 Å². The molecule has 3 heteroatoms. The van der Waals surface area contributed by atoms with Crippen molar-refractivity contribution in [3.8, 4) is 5.75 Å². The minimum atomic E-state index is 0.562. The average Bonchev–Trinajstić information content (AvgIpc) is 3.14. The maximum absolute atomic E-state index is 5.85. The van der Waals surface area contributed by atoms with Crippen molar-refractivity contribution in [3.63, 3.8) is 0 Å². The van der Waals surface area contributed by atoms with Gasteiger partial charge in [-0.15, -0.1) is 0 Å². The Bertz CT molecular complexity index is 490. The maximum atomic E-state index is 5.85. The van der Waals surface area contributed by atoms with Crippen LogP contribution in [0.4, 0.5) is 0 Å². The number of rotatable bonds is 3. The van der Waals surface area contributed by atoms with Crippen LogP contribution in [0.1, 0.15) is 24.8 Å². The summed E-state index contributed by atoms with van der Waals surface area (Å²) in [7, 11) is 0. The summed E-state index contributed by atoms with van der Waals surface area (Å²) in [5.74, 6) is 3.41. The number of nitrogens with zero attached hydrogens (tertiary/aromatic N) is 1. The molecule has 0 aromatic heterocycles. The third-order valence-corrected chi connectivity index (χ3v) is 5.50. The zero-order valence-electron chi connectivity index (χ0n) is 12.2. The van der Waals surface area contributed by atoms with Gasteiger partial charge < -0.3 is 10.1 Å². The summed E-state index contributed by atoms with van der Waals surface area (Å²) in [5.41, 5.74) is 1.41. The molecule has 0 amide bonds. The predicted octanol–water partition coefficient (Wildman–Crippen LogP) is 2.09. The molecule has 20 heavy (non-hydrogen) atoms. The molecule has 3 nitrogen and oxygen atoms in total. The van der Waals surface area contributed by atoms with E-state index in [9.17, 15) is 0 Å². The number of benzene rings is 1. The lowest BCUT2D eigenvalue weighted by atomic mass is 9.92. The van der Waals surface area contributed by atoms with Gasteiger partial charge in [-0.1, -0.05) is 25.1 Å². The topological polar surface area (TPSA) is 24.5 Å². The van der Waals surface area contributed by atoms with E-state index in [0.29, 0.717) is 5.92 Å². The van der Waals surface area contributed by atoms with Crippen molar-refractivity contribution in [1.29, 1.82) is 0 Å². The van der Waals surface area contributed by atoms with Crippen molar-refractivity contribution in [3.05, 3.63) is 29.8 Å². The molecule has 4 unspecified atom stereocenters. The van der Waals surface area contributed by atoms with E-state index in [1.807, 2.05) is 0 Å². The van der Waals surface area contributed by atoms with E-state index < -0.39 is 0 Å². The molecular formula is C17H24N2O. The first-order valence-corrected chi connectivity index (χ1v) is 8.03. The van der Waals surface area contributed by atoms with Gasteiger partial charge in [0.15, 0.2) is 0 Å². The second-order valence-corrected chi connectivity index (χ2v) is 6.56. The first-order valence-electron chi connectivity index (χ1n) is 8.03. The molecule has 0 radical (unpaired) electrons. The van der Waals surface area contributed by atoms with E-state index in [2.05, 4.69) is 41.4 Å². The highest BCUT2D eigenvalue weighted by atomic mass is 16.5. The molecule has 108 valence electrons. The molecule has 4 rings (SSSR count). The molecule has 0 spiro atoms. The van der Waals surface area contributed by atoms with Crippen molar-refractivity contribution >= 4 is 0 Å². The summed E-state index contributed by atoms with van der Waals surface area (Å²) in [5, 5.41) is 3.57. The van der Waals surface area contributed by atoms with Crippen LogP contribution < -0.4 is 10.1 Å². The van der Waals surface area contributed by atoms with Gasteiger partial charge in [-0.3, -0.25) is 4.90 Å². The largest absolute Gasteiger partial charge is 0.493 e. The van der Waals surface area contributed by atoms with Crippen LogP contribution in [-0.2, 0) is 0 Å². The maximum Gasteiger partial charge on any atom is 0.122 e. The fourth-order valence-electron chi connectivity index (χ4n) is 4.55. The first kappa shape index (κ1) is 12.7. The molecule has 2 saturated heterocycles. The molecule has 1 aromatic rings. The molecule has 4 atom stereocenters. The van der Waals surface area contributed by atoms with Gasteiger partial charge in [0, 0.05) is 30.6 Å². The van der Waals surface area contributed by atoms with Crippen molar-refractivity contribution in [2.24, 2.45) is 11.8 Å². The van der Waals surface area contributed by atoms with Gasteiger partial charge in [-0.05, 0) is 37.4 Å². The predicted molar refractivity (Wildman–Crippen MR) is 80.2 cm³/mol. The van der Waals surface area contributed by atoms with Gasteiger partial charge in [-0.25, -0.2) is 0 Å². The highest BCUT2D eigenvalue weighted by molar-refractivity contribution is 5.39. The van der Waals surface area contributed by atoms with Crippen molar-refractivity contribution in [2.45, 2.75) is 25.3 Å². The monoisotopic (exact) mass is 272 g/mol. The van der Waals surface area contributed by atoms with Crippen LogP contribution in [-0.4, -0.2) is 43.7 Å². The normalized spacial score (nSPS) is 35.9. The highest BCUT2D eigenvalue weighted by Gasteiger charge is 2.44. The first-order chi connectivity index (χ1) is 9.86. The molecule has 0 saturated carbocycles. The average molecular weight is 272 g/mol. The number of hydrogen-bond acceptors (Lipinski definition) is 3. The SMILES string of the molecule is CCC1C2CNCC2CN1CC1COc2ccccc21.